The fourth-order valence-corrected chi connectivity index (χ4v) is 3.16. The molecule has 0 aliphatic carbocycles. The zero-order valence-corrected chi connectivity index (χ0v) is 13.7. The zero-order valence-electron chi connectivity index (χ0n) is 13.7. The van der Waals surface area contributed by atoms with Crippen LogP contribution in [0, 0.1) is 5.41 Å². The van der Waals surface area contributed by atoms with E-state index in [-0.39, 0.29) is 6.79 Å². The van der Waals surface area contributed by atoms with E-state index in [9.17, 15) is 9.59 Å². The van der Waals surface area contributed by atoms with Crippen molar-refractivity contribution < 1.29 is 33.3 Å². The maximum Gasteiger partial charge on any atom is 0.330 e. The number of carbonyl (C=O) groups excluding carboxylic acids is 2. The Morgan fingerprint density at radius 2 is 1.79 bits per heavy atom. The Bertz CT molecular complexity index is 693. The molecule has 3 rings (SSSR count). The van der Waals surface area contributed by atoms with Crippen LogP contribution < -0.4 is 9.47 Å². The van der Waals surface area contributed by atoms with Crippen LogP contribution in [-0.4, -0.2) is 39.1 Å². The van der Waals surface area contributed by atoms with Crippen LogP contribution in [0.2, 0.25) is 0 Å². The number of esters is 2. The topological polar surface area (TPSA) is 80.3 Å². The van der Waals surface area contributed by atoms with E-state index in [1.165, 1.54) is 14.2 Å². The van der Waals surface area contributed by atoms with Crippen LogP contribution >= 0.6 is 0 Å². The number of fused-ring (bicyclic) bond motifs is 1. The molecule has 2 aliphatic heterocycles. The highest BCUT2D eigenvalue weighted by molar-refractivity contribution is 6.05. The maximum atomic E-state index is 12.6. The van der Waals surface area contributed by atoms with Gasteiger partial charge in [0.2, 0.25) is 12.2 Å². The van der Waals surface area contributed by atoms with E-state index in [4.69, 9.17) is 23.7 Å². The molecule has 7 nitrogen and oxygen atoms in total. The normalized spacial score (nSPS) is 23.9. The lowest BCUT2D eigenvalue weighted by molar-refractivity contribution is -0.171. The SMILES string of the molecule is C=C1C(C)OC(c2ccc3c(c2)OCO3)C1(C(=O)OC)C(=O)OC. The largest absolute Gasteiger partial charge is 0.468 e. The lowest BCUT2D eigenvalue weighted by Crippen LogP contribution is -2.45. The van der Waals surface area contributed by atoms with E-state index in [1.54, 1.807) is 25.1 Å². The van der Waals surface area contributed by atoms with Gasteiger partial charge in [0.15, 0.2) is 11.5 Å². The number of methoxy groups -OCH3 is 2. The van der Waals surface area contributed by atoms with Crippen LogP contribution in [0.1, 0.15) is 18.6 Å². The number of ether oxygens (including phenoxy) is 5. The van der Waals surface area contributed by atoms with Gasteiger partial charge in [-0.2, -0.15) is 0 Å². The van der Waals surface area contributed by atoms with Gasteiger partial charge in [0, 0.05) is 0 Å². The van der Waals surface area contributed by atoms with Gasteiger partial charge >= 0.3 is 11.9 Å². The zero-order chi connectivity index (χ0) is 17.5. The highest BCUT2D eigenvalue weighted by atomic mass is 16.7. The van der Waals surface area contributed by atoms with Crippen LogP contribution in [0.15, 0.2) is 30.4 Å². The van der Waals surface area contributed by atoms with E-state index in [2.05, 4.69) is 6.58 Å². The summed E-state index contributed by atoms with van der Waals surface area (Å²) in [5.41, 5.74) is -0.902. The molecular weight excluding hydrogens is 316 g/mol. The maximum absolute atomic E-state index is 12.6. The summed E-state index contributed by atoms with van der Waals surface area (Å²) in [6, 6.07) is 5.09. The number of rotatable bonds is 3. The second kappa shape index (κ2) is 5.83. The Morgan fingerprint density at radius 1 is 1.17 bits per heavy atom. The van der Waals surface area contributed by atoms with Crippen molar-refractivity contribution in [2.75, 3.05) is 21.0 Å². The molecule has 2 unspecified atom stereocenters. The molecule has 1 fully saturated rings. The van der Waals surface area contributed by atoms with Crippen molar-refractivity contribution in [3.63, 3.8) is 0 Å². The van der Waals surface area contributed by atoms with Crippen LogP contribution in [0.5, 0.6) is 11.5 Å². The predicted molar refractivity (Wildman–Crippen MR) is 81.5 cm³/mol. The van der Waals surface area contributed by atoms with E-state index in [1.807, 2.05) is 0 Å². The first-order chi connectivity index (χ1) is 11.5. The molecule has 24 heavy (non-hydrogen) atoms. The summed E-state index contributed by atoms with van der Waals surface area (Å²) in [4.78, 5) is 25.2. The van der Waals surface area contributed by atoms with E-state index in [0.29, 0.717) is 22.6 Å². The average molecular weight is 334 g/mol. The number of carbonyl (C=O) groups is 2. The molecule has 2 atom stereocenters. The molecule has 7 heteroatoms. The van der Waals surface area contributed by atoms with Crippen molar-refractivity contribution in [3.8, 4) is 11.5 Å². The summed E-state index contributed by atoms with van der Waals surface area (Å²) in [6.45, 7) is 5.73. The number of hydrogen-bond donors (Lipinski definition) is 0. The van der Waals surface area contributed by atoms with Gasteiger partial charge in [-0.15, -0.1) is 0 Å². The summed E-state index contributed by atoms with van der Waals surface area (Å²) in [5, 5.41) is 0. The molecule has 1 aromatic rings. The van der Waals surface area contributed by atoms with Gasteiger partial charge in [-0.25, -0.2) is 0 Å². The van der Waals surface area contributed by atoms with Crippen LogP contribution in [0.25, 0.3) is 0 Å². The first kappa shape index (κ1) is 16.3. The third kappa shape index (κ3) is 2.08. The number of hydrogen-bond acceptors (Lipinski definition) is 7. The van der Waals surface area contributed by atoms with Crippen molar-refractivity contribution >= 4 is 11.9 Å². The molecule has 1 aromatic carbocycles. The monoisotopic (exact) mass is 334 g/mol. The average Bonchev–Trinajstić information content (AvgIpc) is 3.16. The third-order valence-corrected chi connectivity index (χ3v) is 4.44. The molecule has 2 aliphatic rings. The molecule has 0 spiro atoms. The fraction of sp³-hybridized carbons (Fsp3) is 0.412. The summed E-state index contributed by atoms with van der Waals surface area (Å²) in [7, 11) is 2.42. The first-order valence-corrected chi connectivity index (χ1v) is 7.37. The van der Waals surface area contributed by atoms with Crippen LogP contribution in [-0.2, 0) is 23.8 Å². The Morgan fingerprint density at radius 3 is 2.42 bits per heavy atom. The first-order valence-electron chi connectivity index (χ1n) is 7.37. The van der Waals surface area contributed by atoms with E-state index < -0.39 is 29.6 Å². The summed E-state index contributed by atoms with van der Waals surface area (Å²) in [6.07, 6.45) is -1.46. The molecule has 1 saturated heterocycles. The lowest BCUT2D eigenvalue weighted by atomic mass is 9.74. The van der Waals surface area contributed by atoms with Gasteiger partial charge in [0.1, 0.15) is 6.10 Å². The minimum Gasteiger partial charge on any atom is -0.468 e. The van der Waals surface area contributed by atoms with Crippen molar-refractivity contribution in [2.45, 2.75) is 19.1 Å². The van der Waals surface area contributed by atoms with E-state index in [0.717, 1.165) is 0 Å². The quantitative estimate of drug-likeness (QED) is 0.473. The van der Waals surface area contributed by atoms with Crippen LogP contribution in [0.3, 0.4) is 0 Å². The predicted octanol–water partition coefficient (Wildman–Crippen LogP) is 1.76. The van der Waals surface area contributed by atoms with Crippen molar-refractivity contribution in [1.82, 2.24) is 0 Å². The lowest BCUT2D eigenvalue weighted by Gasteiger charge is -2.29. The minimum absolute atomic E-state index is 0.118. The molecule has 0 amide bonds. The molecule has 0 N–H and O–H groups in total. The van der Waals surface area contributed by atoms with Crippen molar-refractivity contribution in [1.29, 1.82) is 0 Å². The summed E-state index contributed by atoms with van der Waals surface area (Å²) < 4.78 is 26.3. The van der Waals surface area contributed by atoms with Gasteiger partial charge in [-0.05, 0) is 30.2 Å². The molecule has 128 valence electrons. The summed E-state index contributed by atoms with van der Waals surface area (Å²) >= 11 is 0. The Hall–Kier alpha value is -2.54. The highest BCUT2D eigenvalue weighted by Gasteiger charge is 2.64. The summed E-state index contributed by atoms with van der Waals surface area (Å²) in [5.74, 6) is -0.437. The van der Waals surface area contributed by atoms with Gasteiger partial charge in [0.05, 0.1) is 20.3 Å². The molecular formula is C17H18O7. The van der Waals surface area contributed by atoms with Crippen molar-refractivity contribution in [3.05, 3.63) is 35.9 Å². The van der Waals surface area contributed by atoms with Gasteiger partial charge in [-0.3, -0.25) is 9.59 Å². The van der Waals surface area contributed by atoms with Crippen molar-refractivity contribution in [2.24, 2.45) is 5.41 Å². The molecule has 0 saturated carbocycles. The van der Waals surface area contributed by atoms with Gasteiger partial charge in [-0.1, -0.05) is 12.6 Å². The second-order valence-corrected chi connectivity index (χ2v) is 5.59. The minimum atomic E-state index is -1.77. The van der Waals surface area contributed by atoms with Crippen LogP contribution in [0.4, 0.5) is 0 Å². The third-order valence-electron chi connectivity index (χ3n) is 4.44. The Labute approximate surface area is 139 Å². The standard InChI is InChI=1S/C17H18O7/c1-9-10(2)24-14(17(9,15(18)20-3)16(19)21-4)11-5-6-12-13(7-11)23-8-22-12/h5-7,10,14H,1,8H2,2-4H3. The van der Waals surface area contributed by atoms with Gasteiger partial charge < -0.3 is 23.7 Å². The molecule has 0 bridgehead atoms. The second-order valence-electron chi connectivity index (χ2n) is 5.59. The highest BCUT2D eigenvalue weighted by Crippen LogP contribution is 2.53. The molecule has 0 aromatic heterocycles. The van der Waals surface area contributed by atoms with Gasteiger partial charge in [0.25, 0.3) is 0 Å². The Balaban J connectivity index is 2.15. The molecule has 0 radical (unpaired) electrons. The van der Waals surface area contributed by atoms with E-state index >= 15 is 0 Å². The molecule has 2 heterocycles. The smallest absolute Gasteiger partial charge is 0.330 e. The fourth-order valence-electron chi connectivity index (χ4n) is 3.16. The Kier molecular flexibility index (Phi) is 3.96. The number of benzene rings is 1.